The lowest BCUT2D eigenvalue weighted by atomic mass is 9.89. The zero-order valence-electron chi connectivity index (χ0n) is 19.8. The number of hydrogen-bond donors (Lipinski definition) is 3. The average molecular weight is 508 g/mol. The number of unbranched alkanes of at least 4 members (excludes halogenated alkanes) is 1. The molecule has 34 heavy (non-hydrogen) atoms. The number of carboxylic acid groups (broad SMARTS) is 1. The van der Waals surface area contributed by atoms with Crippen LogP contribution in [0.2, 0.25) is 0 Å². The van der Waals surface area contributed by atoms with Crippen LogP contribution in [-0.4, -0.2) is 50.5 Å². The fourth-order valence-corrected chi connectivity index (χ4v) is 6.33. The summed E-state index contributed by atoms with van der Waals surface area (Å²) in [6.07, 6.45) is 5.06. The minimum absolute atomic E-state index is 0.0971. The monoisotopic (exact) mass is 507 g/mol. The Morgan fingerprint density at radius 2 is 2.00 bits per heavy atom. The molecule has 1 unspecified atom stereocenters. The molecule has 0 spiro atoms. The highest BCUT2D eigenvalue weighted by molar-refractivity contribution is 7.98. The van der Waals surface area contributed by atoms with Gasteiger partial charge < -0.3 is 20.5 Å². The van der Waals surface area contributed by atoms with Gasteiger partial charge in [-0.25, -0.2) is 13.1 Å². The van der Waals surface area contributed by atoms with Crippen LogP contribution in [0, 0.1) is 0 Å². The molecule has 0 saturated carbocycles. The van der Waals surface area contributed by atoms with Gasteiger partial charge in [0, 0.05) is 18.3 Å². The Hall–Kier alpha value is -2.27. The maximum Gasteiger partial charge on any atom is 0.324 e. The molecular weight excluding hydrogens is 474 g/mol. The molecule has 2 aromatic carbocycles. The van der Waals surface area contributed by atoms with E-state index in [9.17, 15) is 13.2 Å². The number of nitrogens with zero attached hydrogens (tertiary/aromatic N) is 1. The van der Waals surface area contributed by atoms with Crippen molar-refractivity contribution in [3.63, 3.8) is 0 Å². The number of hydrogen-bond acceptors (Lipinski definition) is 7. The van der Waals surface area contributed by atoms with Crippen LogP contribution in [0.25, 0.3) is 0 Å². The minimum Gasteiger partial charge on any atom is -0.490 e. The third-order valence-corrected chi connectivity index (χ3v) is 8.49. The van der Waals surface area contributed by atoms with Gasteiger partial charge in [0.15, 0.2) is 0 Å². The molecule has 0 saturated heterocycles. The minimum atomic E-state index is -3.90. The summed E-state index contributed by atoms with van der Waals surface area (Å²) in [7, 11) is -3.90. The smallest absolute Gasteiger partial charge is 0.324 e. The molecule has 3 rings (SSSR count). The third-order valence-electron chi connectivity index (χ3n) is 6.13. The summed E-state index contributed by atoms with van der Waals surface area (Å²) in [5, 5.41) is 9.09. The predicted molar refractivity (Wildman–Crippen MR) is 136 cm³/mol. The Labute approximate surface area is 205 Å². The number of rotatable bonds is 10. The van der Waals surface area contributed by atoms with Gasteiger partial charge in [0.05, 0.1) is 16.1 Å². The fourth-order valence-electron chi connectivity index (χ4n) is 4.08. The highest BCUT2D eigenvalue weighted by Gasteiger charge is 2.41. The first-order chi connectivity index (χ1) is 16.2. The highest BCUT2D eigenvalue weighted by atomic mass is 32.2. The molecule has 0 fully saturated rings. The van der Waals surface area contributed by atoms with Gasteiger partial charge in [0.2, 0.25) is 10.0 Å². The number of thioether (sulfide) groups is 1. The maximum absolute atomic E-state index is 13.7. The van der Waals surface area contributed by atoms with E-state index < -0.39 is 27.6 Å². The molecule has 1 heterocycles. The topological polar surface area (TPSA) is 122 Å². The zero-order chi connectivity index (χ0) is 24.9. The summed E-state index contributed by atoms with van der Waals surface area (Å²) in [6.45, 7) is 4.31. The van der Waals surface area contributed by atoms with E-state index >= 15 is 0 Å². The van der Waals surface area contributed by atoms with Crippen LogP contribution in [0.5, 0.6) is 5.75 Å². The van der Waals surface area contributed by atoms with Crippen LogP contribution < -0.4 is 20.1 Å². The summed E-state index contributed by atoms with van der Waals surface area (Å²) >= 11 is 1.40. The Balaban J connectivity index is 2.18. The number of aliphatic carboxylic acids is 1. The van der Waals surface area contributed by atoms with Crippen LogP contribution in [0.15, 0.2) is 52.3 Å². The number of carboxylic acids is 1. The lowest BCUT2D eigenvalue weighted by Gasteiger charge is -2.36. The molecule has 2 aromatic rings. The molecule has 1 aliphatic rings. The SMILES string of the molecule is CCCC[C@]1(CC)CN(c2ccccc2)c2cc(SC)c(OCC(N)C(=O)O)cc2S(=O)(=O)N1. The van der Waals surface area contributed by atoms with Crippen LogP contribution in [0.4, 0.5) is 11.4 Å². The summed E-state index contributed by atoms with van der Waals surface area (Å²) in [6, 6.07) is 11.8. The number of para-hydroxylation sites is 1. The molecule has 0 bridgehead atoms. The van der Waals surface area contributed by atoms with Crippen molar-refractivity contribution in [2.75, 3.05) is 24.3 Å². The van der Waals surface area contributed by atoms with Crippen molar-refractivity contribution >= 4 is 39.1 Å². The second-order valence-corrected chi connectivity index (χ2v) is 11.0. The van der Waals surface area contributed by atoms with E-state index in [1.807, 2.05) is 43.5 Å². The van der Waals surface area contributed by atoms with Crippen molar-refractivity contribution in [2.24, 2.45) is 5.73 Å². The standard InChI is InChI=1S/C24H33N3O5S2/c1-4-6-12-24(5-2)16-27(17-10-8-7-9-11-17)19-13-21(33-3)20(32-15-18(25)23(28)29)14-22(19)34(30,31)26-24/h7-11,13-14,18,26H,4-6,12,15-16,25H2,1-3H3,(H,28,29)/t18?,24-/m1/s1. The Bertz CT molecular complexity index is 1110. The molecule has 1 aliphatic heterocycles. The van der Waals surface area contributed by atoms with E-state index in [1.165, 1.54) is 17.8 Å². The first-order valence-electron chi connectivity index (χ1n) is 11.4. The number of ether oxygens (including phenoxy) is 1. The van der Waals surface area contributed by atoms with Crippen LogP contribution in [0.1, 0.15) is 39.5 Å². The second-order valence-electron chi connectivity index (χ2n) is 8.49. The normalized spacial score (nSPS) is 20.3. The first kappa shape index (κ1) is 26.3. The molecule has 0 aliphatic carbocycles. The number of nitrogens with one attached hydrogen (secondary N) is 1. The van der Waals surface area contributed by atoms with Gasteiger partial charge in [-0.2, -0.15) is 0 Å². The molecule has 8 nitrogen and oxygen atoms in total. The van der Waals surface area contributed by atoms with E-state index in [4.69, 9.17) is 15.6 Å². The van der Waals surface area contributed by atoms with Crippen LogP contribution in [-0.2, 0) is 14.8 Å². The molecule has 0 aromatic heterocycles. The molecule has 4 N–H and O–H groups in total. The zero-order valence-corrected chi connectivity index (χ0v) is 21.4. The fraction of sp³-hybridized carbons (Fsp3) is 0.458. The predicted octanol–water partition coefficient (Wildman–Crippen LogP) is 3.97. The van der Waals surface area contributed by atoms with Gasteiger partial charge in [-0.05, 0) is 37.3 Å². The molecule has 186 valence electrons. The van der Waals surface area contributed by atoms with Gasteiger partial charge >= 0.3 is 5.97 Å². The van der Waals surface area contributed by atoms with Gasteiger partial charge in [-0.3, -0.25) is 4.79 Å². The summed E-state index contributed by atoms with van der Waals surface area (Å²) in [4.78, 5) is 14.0. The Morgan fingerprint density at radius 1 is 1.29 bits per heavy atom. The first-order valence-corrected chi connectivity index (χ1v) is 14.1. The number of anilines is 2. The molecule has 0 amide bonds. The van der Waals surface area contributed by atoms with Crippen LogP contribution in [0.3, 0.4) is 0 Å². The quantitative estimate of drug-likeness (QED) is 0.413. The average Bonchev–Trinajstić information content (AvgIpc) is 2.93. The number of nitrogens with two attached hydrogens (primary N) is 1. The van der Waals surface area contributed by atoms with Crippen molar-refractivity contribution in [3.05, 3.63) is 42.5 Å². The lowest BCUT2D eigenvalue weighted by Crippen LogP contribution is -2.52. The summed E-state index contributed by atoms with van der Waals surface area (Å²) in [5.41, 5.74) is 6.41. The highest BCUT2D eigenvalue weighted by Crippen LogP contribution is 2.43. The second kappa shape index (κ2) is 11.0. The van der Waals surface area contributed by atoms with Gasteiger partial charge in [0.1, 0.15) is 23.3 Å². The molecular formula is C24H33N3O5S2. The van der Waals surface area contributed by atoms with Crippen LogP contribution >= 0.6 is 11.8 Å². The van der Waals surface area contributed by atoms with Gasteiger partial charge in [-0.15, -0.1) is 11.8 Å². The van der Waals surface area contributed by atoms with E-state index in [0.29, 0.717) is 35.7 Å². The maximum atomic E-state index is 13.7. The third kappa shape index (κ3) is 5.68. The molecule has 10 heteroatoms. The van der Waals surface area contributed by atoms with E-state index in [0.717, 1.165) is 18.5 Å². The van der Waals surface area contributed by atoms with Gasteiger partial charge in [0.25, 0.3) is 0 Å². The van der Waals surface area contributed by atoms with Crippen molar-refractivity contribution in [1.82, 2.24) is 4.72 Å². The van der Waals surface area contributed by atoms with E-state index in [-0.39, 0.29) is 11.5 Å². The number of carbonyl (C=O) groups is 1. The van der Waals surface area contributed by atoms with Crippen molar-refractivity contribution < 1.29 is 23.1 Å². The number of fused-ring (bicyclic) bond motifs is 1. The number of sulfonamides is 1. The lowest BCUT2D eigenvalue weighted by molar-refractivity contribution is -0.139. The largest absolute Gasteiger partial charge is 0.490 e. The molecule has 2 atom stereocenters. The van der Waals surface area contributed by atoms with Crippen molar-refractivity contribution in [3.8, 4) is 5.75 Å². The summed E-state index contributed by atoms with van der Waals surface area (Å²) < 4.78 is 36.1. The van der Waals surface area contributed by atoms with Crippen molar-refractivity contribution in [2.45, 2.75) is 60.9 Å². The Morgan fingerprint density at radius 3 is 2.59 bits per heavy atom. The summed E-state index contributed by atoms with van der Waals surface area (Å²) in [5.74, 6) is -0.896. The van der Waals surface area contributed by atoms with E-state index in [2.05, 4.69) is 16.5 Å². The number of benzene rings is 2. The van der Waals surface area contributed by atoms with Gasteiger partial charge in [-0.1, -0.05) is 44.9 Å². The Kier molecular flexibility index (Phi) is 8.51. The molecule has 0 radical (unpaired) electrons. The van der Waals surface area contributed by atoms with E-state index in [1.54, 1.807) is 6.07 Å². The van der Waals surface area contributed by atoms with Crippen molar-refractivity contribution in [1.29, 1.82) is 0 Å².